The van der Waals surface area contributed by atoms with Crippen LogP contribution in [0.4, 0.5) is 5.82 Å². The molecule has 4 heteroatoms. The zero-order valence-electron chi connectivity index (χ0n) is 13.7. The minimum Gasteiger partial charge on any atom is -0.496 e. The highest BCUT2D eigenvalue weighted by molar-refractivity contribution is 5.69. The summed E-state index contributed by atoms with van der Waals surface area (Å²) in [6.07, 6.45) is 9.00. The molecule has 0 atom stereocenters. The van der Waals surface area contributed by atoms with Crippen molar-refractivity contribution >= 4 is 5.82 Å². The van der Waals surface area contributed by atoms with E-state index >= 15 is 0 Å². The lowest BCUT2D eigenvalue weighted by Crippen LogP contribution is -1.92. The van der Waals surface area contributed by atoms with Crippen LogP contribution in [0.5, 0.6) is 5.75 Å². The normalized spacial score (nSPS) is 10.8. The molecule has 4 nitrogen and oxygen atoms in total. The van der Waals surface area contributed by atoms with Crippen molar-refractivity contribution in [3.8, 4) is 17.0 Å². The van der Waals surface area contributed by atoms with Gasteiger partial charge in [-0.25, -0.2) is 0 Å². The number of ether oxygens (including phenoxy) is 1. The molecular formula is C18H27N3O. The Morgan fingerprint density at radius 3 is 2.55 bits per heavy atom. The van der Waals surface area contributed by atoms with Crippen molar-refractivity contribution in [2.45, 2.75) is 51.9 Å². The van der Waals surface area contributed by atoms with Crippen molar-refractivity contribution in [1.29, 1.82) is 0 Å². The summed E-state index contributed by atoms with van der Waals surface area (Å²) in [5.74, 6) is 1.34. The molecule has 2 aromatic rings. The smallest absolute Gasteiger partial charge is 0.145 e. The number of benzene rings is 1. The van der Waals surface area contributed by atoms with Gasteiger partial charge in [0.2, 0.25) is 0 Å². The van der Waals surface area contributed by atoms with Crippen LogP contribution in [0, 0.1) is 0 Å². The summed E-state index contributed by atoms with van der Waals surface area (Å²) in [6.45, 7) is 2.25. The number of methoxy groups -OCH3 is 1. The number of aromatic nitrogens is 2. The Morgan fingerprint density at radius 1 is 1.09 bits per heavy atom. The number of anilines is 1. The molecule has 0 aliphatic carbocycles. The SMILES string of the molecule is CCCCCCCCc1ccc(OC)c(-c2cc(N)n[nH]2)c1. The van der Waals surface area contributed by atoms with Crippen molar-refractivity contribution in [3.05, 3.63) is 29.8 Å². The van der Waals surface area contributed by atoms with Crippen molar-refractivity contribution in [2.24, 2.45) is 0 Å². The maximum atomic E-state index is 5.70. The third kappa shape index (κ3) is 4.52. The summed E-state index contributed by atoms with van der Waals surface area (Å²) in [4.78, 5) is 0. The molecule has 1 aromatic carbocycles. The van der Waals surface area contributed by atoms with Crippen molar-refractivity contribution in [2.75, 3.05) is 12.8 Å². The molecule has 0 spiro atoms. The predicted molar refractivity (Wildman–Crippen MR) is 92.1 cm³/mol. The Hall–Kier alpha value is -1.97. The minimum absolute atomic E-state index is 0.499. The maximum Gasteiger partial charge on any atom is 0.145 e. The number of aromatic amines is 1. The van der Waals surface area contributed by atoms with Crippen LogP contribution in [0.1, 0.15) is 51.0 Å². The van der Waals surface area contributed by atoms with Crippen LogP contribution < -0.4 is 10.5 Å². The number of rotatable bonds is 9. The molecule has 0 fully saturated rings. The molecule has 2 rings (SSSR count). The summed E-state index contributed by atoms with van der Waals surface area (Å²) in [5.41, 5.74) is 8.96. The third-order valence-corrected chi connectivity index (χ3v) is 3.97. The average Bonchev–Trinajstić information content (AvgIpc) is 2.97. The van der Waals surface area contributed by atoms with E-state index in [9.17, 15) is 0 Å². The quantitative estimate of drug-likeness (QED) is 0.667. The second kappa shape index (κ2) is 8.47. The van der Waals surface area contributed by atoms with Gasteiger partial charge in [0.05, 0.1) is 12.8 Å². The monoisotopic (exact) mass is 301 g/mol. The molecule has 0 unspecified atom stereocenters. The van der Waals surface area contributed by atoms with Crippen molar-refractivity contribution < 1.29 is 4.74 Å². The summed E-state index contributed by atoms with van der Waals surface area (Å²) >= 11 is 0. The molecule has 120 valence electrons. The Bertz CT molecular complexity index is 577. The fraction of sp³-hybridized carbons (Fsp3) is 0.500. The zero-order valence-corrected chi connectivity index (χ0v) is 13.7. The first kappa shape index (κ1) is 16.4. The fourth-order valence-corrected chi connectivity index (χ4v) is 2.71. The van der Waals surface area contributed by atoms with Gasteiger partial charge in [-0.3, -0.25) is 5.10 Å². The van der Waals surface area contributed by atoms with Crippen LogP contribution in [-0.2, 0) is 6.42 Å². The average molecular weight is 301 g/mol. The Balaban J connectivity index is 1.98. The maximum absolute atomic E-state index is 5.70. The van der Waals surface area contributed by atoms with Gasteiger partial charge in [0, 0.05) is 11.6 Å². The van der Waals surface area contributed by atoms with E-state index in [1.54, 1.807) is 7.11 Å². The van der Waals surface area contributed by atoms with Crippen LogP contribution in [0.25, 0.3) is 11.3 Å². The highest BCUT2D eigenvalue weighted by atomic mass is 16.5. The van der Waals surface area contributed by atoms with Gasteiger partial charge >= 0.3 is 0 Å². The van der Waals surface area contributed by atoms with Gasteiger partial charge in [0.25, 0.3) is 0 Å². The van der Waals surface area contributed by atoms with E-state index < -0.39 is 0 Å². The Labute approximate surface area is 133 Å². The number of aryl methyl sites for hydroxylation is 1. The number of nitrogens with two attached hydrogens (primary N) is 1. The van der Waals surface area contributed by atoms with Gasteiger partial charge in [0.1, 0.15) is 11.6 Å². The molecule has 3 N–H and O–H groups in total. The lowest BCUT2D eigenvalue weighted by Gasteiger charge is -2.09. The summed E-state index contributed by atoms with van der Waals surface area (Å²) in [7, 11) is 1.69. The highest BCUT2D eigenvalue weighted by Crippen LogP contribution is 2.30. The lowest BCUT2D eigenvalue weighted by atomic mass is 10.0. The first-order valence-electron chi connectivity index (χ1n) is 8.22. The molecular weight excluding hydrogens is 274 g/mol. The van der Waals surface area contributed by atoms with Gasteiger partial charge in [-0.05, 0) is 30.5 Å². The molecule has 0 amide bonds. The van der Waals surface area contributed by atoms with E-state index in [0.29, 0.717) is 5.82 Å². The number of nitrogens with zero attached hydrogens (tertiary/aromatic N) is 1. The molecule has 0 aliphatic rings. The number of nitrogens with one attached hydrogen (secondary N) is 1. The van der Waals surface area contributed by atoms with Gasteiger partial charge in [0.15, 0.2) is 0 Å². The number of hydrogen-bond acceptors (Lipinski definition) is 3. The molecule has 0 saturated heterocycles. The molecule has 0 radical (unpaired) electrons. The number of hydrogen-bond donors (Lipinski definition) is 2. The van der Waals surface area contributed by atoms with Crippen molar-refractivity contribution in [1.82, 2.24) is 10.2 Å². The Kier molecular flexibility index (Phi) is 6.31. The standard InChI is InChI=1S/C18H27N3O/c1-3-4-5-6-7-8-9-14-10-11-17(22-2)15(12-14)16-13-18(19)21-20-16/h10-13H,3-9H2,1-2H3,(H3,19,20,21). The summed E-state index contributed by atoms with van der Waals surface area (Å²) in [5, 5.41) is 6.96. The second-order valence-corrected chi connectivity index (χ2v) is 5.76. The molecule has 1 aromatic heterocycles. The molecule has 22 heavy (non-hydrogen) atoms. The molecule has 1 heterocycles. The van der Waals surface area contributed by atoms with Crippen LogP contribution in [0.3, 0.4) is 0 Å². The zero-order chi connectivity index (χ0) is 15.8. The Morgan fingerprint density at radius 2 is 1.86 bits per heavy atom. The largest absolute Gasteiger partial charge is 0.496 e. The fourth-order valence-electron chi connectivity index (χ4n) is 2.71. The van der Waals surface area contributed by atoms with Gasteiger partial charge in [-0.2, -0.15) is 5.10 Å². The second-order valence-electron chi connectivity index (χ2n) is 5.76. The molecule has 0 bridgehead atoms. The van der Waals surface area contributed by atoms with Crippen molar-refractivity contribution in [3.63, 3.8) is 0 Å². The van der Waals surface area contributed by atoms with Gasteiger partial charge < -0.3 is 10.5 Å². The van der Waals surface area contributed by atoms with Crippen LogP contribution >= 0.6 is 0 Å². The van der Waals surface area contributed by atoms with Gasteiger partial charge in [-0.15, -0.1) is 0 Å². The third-order valence-electron chi connectivity index (χ3n) is 3.97. The minimum atomic E-state index is 0.499. The van der Waals surface area contributed by atoms with Gasteiger partial charge in [-0.1, -0.05) is 45.1 Å². The van der Waals surface area contributed by atoms with Crippen LogP contribution in [0.15, 0.2) is 24.3 Å². The summed E-state index contributed by atoms with van der Waals surface area (Å²) in [6, 6.07) is 8.19. The van der Waals surface area contributed by atoms with E-state index in [0.717, 1.165) is 23.4 Å². The van der Waals surface area contributed by atoms with E-state index in [4.69, 9.17) is 10.5 Å². The lowest BCUT2D eigenvalue weighted by molar-refractivity contribution is 0.416. The summed E-state index contributed by atoms with van der Waals surface area (Å²) < 4.78 is 5.45. The van der Waals surface area contributed by atoms with Crippen LogP contribution in [-0.4, -0.2) is 17.3 Å². The van der Waals surface area contributed by atoms with E-state index in [2.05, 4.69) is 29.3 Å². The number of nitrogen functional groups attached to an aromatic ring is 1. The first-order valence-corrected chi connectivity index (χ1v) is 8.22. The first-order chi connectivity index (χ1) is 10.7. The topological polar surface area (TPSA) is 63.9 Å². The predicted octanol–water partition coefficient (Wildman–Crippen LogP) is 4.57. The molecule has 0 aliphatic heterocycles. The number of H-pyrrole nitrogens is 1. The van der Waals surface area contributed by atoms with E-state index in [1.165, 1.54) is 44.1 Å². The van der Waals surface area contributed by atoms with E-state index in [-0.39, 0.29) is 0 Å². The van der Waals surface area contributed by atoms with E-state index in [1.807, 2.05) is 12.1 Å². The highest BCUT2D eigenvalue weighted by Gasteiger charge is 2.09. The number of unbranched alkanes of at least 4 members (excludes halogenated alkanes) is 5. The van der Waals surface area contributed by atoms with Crippen LogP contribution in [0.2, 0.25) is 0 Å². The molecule has 0 saturated carbocycles.